The van der Waals surface area contributed by atoms with Crippen molar-refractivity contribution in [1.29, 1.82) is 0 Å². The number of carbonyl (C=O) groups excluding carboxylic acids is 1. The highest BCUT2D eigenvalue weighted by Crippen LogP contribution is 2.34. The Morgan fingerprint density at radius 1 is 1.10 bits per heavy atom. The van der Waals surface area contributed by atoms with Crippen molar-refractivity contribution in [1.82, 2.24) is 19.0 Å². The Balaban J connectivity index is 1.97. The van der Waals surface area contributed by atoms with Gasteiger partial charge in [-0.2, -0.15) is 18.3 Å². The van der Waals surface area contributed by atoms with Crippen LogP contribution >= 0.6 is 0 Å². The first kappa shape index (κ1) is 21.2. The summed E-state index contributed by atoms with van der Waals surface area (Å²) in [6.45, 7) is 0.178. The number of hydrogen-bond acceptors (Lipinski definition) is 4. The lowest BCUT2D eigenvalue weighted by Gasteiger charge is -2.21. The Hall–Kier alpha value is -2.47. The van der Waals surface area contributed by atoms with Gasteiger partial charge in [0.05, 0.1) is 18.0 Å². The van der Waals surface area contributed by atoms with Gasteiger partial charge in [0, 0.05) is 26.2 Å². The first-order valence-electron chi connectivity index (χ1n) is 8.64. The zero-order chi connectivity index (χ0) is 21.4. The van der Waals surface area contributed by atoms with Crippen molar-refractivity contribution in [2.24, 2.45) is 0 Å². The molecule has 0 saturated carbocycles. The van der Waals surface area contributed by atoms with Gasteiger partial charge in [-0.15, -0.1) is 0 Å². The minimum Gasteiger partial charge on any atom is -0.337 e. The van der Waals surface area contributed by atoms with Crippen LogP contribution < -0.4 is 0 Å². The SMILES string of the molecule is CS(=O)(=O)N1CCCN(C(=O)c2cnn(-c3ccccc3F)c2C(F)(F)F)CC1. The van der Waals surface area contributed by atoms with Gasteiger partial charge in [-0.05, 0) is 18.6 Å². The van der Waals surface area contributed by atoms with Gasteiger partial charge in [0.15, 0.2) is 5.69 Å². The van der Waals surface area contributed by atoms with Crippen molar-refractivity contribution in [3.63, 3.8) is 0 Å². The number of alkyl halides is 3. The molecule has 1 amide bonds. The zero-order valence-corrected chi connectivity index (χ0v) is 16.2. The fraction of sp³-hybridized carbons (Fsp3) is 0.412. The summed E-state index contributed by atoms with van der Waals surface area (Å²) in [6, 6.07) is 4.80. The topological polar surface area (TPSA) is 75.5 Å². The Labute approximate surface area is 164 Å². The number of hydrogen-bond donors (Lipinski definition) is 0. The van der Waals surface area contributed by atoms with Crippen LogP contribution in [0.4, 0.5) is 17.6 Å². The van der Waals surface area contributed by atoms with Gasteiger partial charge in [-0.25, -0.2) is 21.8 Å². The monoisotopic (exact) mass is 434 g/mol. The average Bonchev–Trinajstić information content (AvgIpc) is 2.91. The minimum atomic E-state index is -4.96. The molecule has 0 aliphatic carbocycles. The highest BCUT2D eigenvalue weighted by atomic mass is 32.2. The van der Waals surface area contributed by atoms with E-state index in [9.17, 15) is 30.8 Å². The Kier molecular flexibility index (Phi) is 5.68. The molecule has 1 aliphatic rings. The lowest BCUT2D eigenvalue weighted by molar-refractivity contribution is -0.143. The highest BCUT2D eigenvalue weighted by Gasteiger charge is 2.42. The molecule has 0 atom stereocenters. The van der Waals surface area contributed by atoms with Crippen LogP contribution in [0.2, 0.25) is 0 Å². The number of rotatable bonds is 3. The molecule has 2 aromatic rings. The van der Waals surface area contributed by atoms with Gasteiger partial charge in [0.25, 0.3) is 5.91 Å². The molecular formula is C17H18F4N4O3S. The van der Waals surface area contributed by atoms with E-state index in [0.717, 1.165) is 29.5 Å². The molecule has 3 rings (SSSR count). The molecular weight excluding hydrogens is 416 g/mol. The molecule has 0 unspecified atom stereocenters. The predicted molar refractivity (Wildman–Crippen MR) is 95.5 cm³/mol. The molecule has 1 aromatic carbocycles. The number of para-hydroxylation sites is 1. The van der Waals surface area contributed by atoms with Crippen LogP contribution in [0, 0.1) is 5.82 Å². The maximum absolute atomic E-state index is 14.0. The molecule has 1 saturated heterocycles. The van der Waals surface area contributed by atoms with Crippen LogP contribution in [0.5, 0.6) is 0 Å². The van der Waals surface area contributed by atoms with Gasteiger partial charge in [-0.3, -0.25) is 4.79 Å². The molecule has 1 fully saturated rings. The zero-order valence-electron chi connectivity index (χ0n) is 15.4. The molecule has 0 N–H and O–H groups in total. The first-order valence-corrected chi connectivity index (χ1v) is 10.5. The second-order valence-corrected chi connectivity index (χ2v) is 8.56. The first-order chi connectivity index (χ1) is 13.5. The van der Waals surface area contributed by atoms with E-state index in [2.05, 4.69) is 5.10 Å². The lowest BCUT2D eigenvalue weighted by atomic mass is 10.2. The van der Waals surface area contributed by atoms with Gasteiger partial charge in [0.2, 0.25) is 10.0 Å². The summed E-state index contributed by atoms with van der Waals surface area (Å²) < 4.78 is 80.2. The summed E-state index contributed by atoms with van der Waals surface area (Å²) in [4.78, 5) is 14.0. The molecule has 7 nitrogen and oxygen atoms in total. The quantitative estimate of drug-likeness (QED) is 0.694. The number of sulfonamides is 1. The van der Waals surface area contributed by atoms with Crippen LogP contribution in [0.15, 0.2) is 30.5 Å². The predicted octanol–water partition coefficient (Wildman–Crippen LogP) is 2.14. The smallest absolute Gasteiger partial charge is 0.337 e. The normalized spacial score (nSPS) is 16.7. The number of carbonyl (C=O) groups is 1. The Bertz CT molecular complexity index is 1020. The van der Waals surface area contributed by atoms with Gasteiger partial charge >= 0.3 is 6.18 Å². The molecule has 1 aliphatic heterocycles. The third-order valence-electron chi connectivity index (χ3n) is 4.56. The van der Waals surface area contributed by atoms with Crippen LogP contribution in [0.25, 0.3) is 5.69 Å². The molecule has 158 valence electrons. The van der Waals surface area contributed by atoms with E-state index in [0.29, 0.717) is 4.68 Å². The molecule has 12 heteroatoms. The third kappa shape index (κ3) is 4.42. The molecule has 0 bridgehead atoms. The minimum absolute atomic E-state index is 0.0205. The Morgan fingerprint density at radius 3 is 2.41 bits per heavy atom. The number of benzene rings is 1. The summed E-state index contributed by atoms with van der Waals surface area (Å²) in [7, 11) is -3.47. The van der Waals surface area contributed by atoms with Crippen molar-refractivity contribution < 1.29 is 30.8 Å². The second-order valence-electron chi connectivity index (χ2n) is 6.58. The standard InChI is InChI=1S/C17H18F4N4O3S/c1-29(27,28)24-8-4-7-23(9-10-24)16(26)12-11-22-25(15(12)17(19,20)21)14-6-3-2-5-13(14)18/h2-3,5-6,11H,4,7-10H2,1H3. The number of amides is 1. The summed E-state index contributed by atoms with van der Waals surface area (Å²) >= 11 is 0. The van der Waals surface area contributed by atoms with Crippen LogP contribution in [0.1, 0.15) is 22.5 Å². The fourth-order valence-electron chi connectivity index (χ4n) is 3.18. The molecule has 0 spiro atoms. The Morgan fingerprint density at radius 2 is 1.79 bits per heavy atom. The molecule has 29 heavy (non-hydrogen) atoms. The lowest BCUT2D eigenvalue weighted by Crippen LogP contribution is -2.37. The maximum Gasteiger partial charge on any atom is 0.434 e. The van der Waals surface area contributed by atoms with Crippen molar-refractivity contribution in [3.05, 3.63) is 47.5 Å². The van der Waals surface area contributed by atoms with E-state index in [1.165, 1.54) is 16.4 Å². The molecule has 0 radical (unpaired) electrons. The summed E-state index contributed by atoms with van der Waals surface area (Å²) in [6.07, 6.45) is -2.89. The molecule has 2 heterocycles. The molecule has 1 aromatic heterocycles. The maximum atomic E-state index is 14.0. The van der Waals surface area contributed by atoms with Crippen molar-refractivity contribution >= 4 is 15.9 Å². The number of halogens is 4. The van der Waals surface area contributed by atoms with Crippen molar-refractivity contribution in [2.75, 3.05) is 32.4 Å². The van der Waals surface area contributed by atoms with E-state index in [1.807, 2.05) is 0 Å². The van der Waals surface area contributed by atoms with E-state index >= 15 is 0 Å². The van der Waals surface area contributed by atoms with Gasteiger partial charge in [-0.1, -0.05) is 12.1 Å². The van der Waals surface area contributed by atoms with Crippen LogP contribution in [-0.2, 0) is 16.2 Å². The summed E-state index contributed by atoms with van der Waals surface area (Å²) in [5.74, 6) is -1.85. The van der Waals surface area contributed by atoms with Crippen LogP contribution in [-0.4, -0.2) is 65.7 Å². The van der Waals surface area contributed by atoms with E-state index in [1.54, 1.807) is 0 Å². The van der Waals surface area contributed by atoms with E-state index < -0.39 is 44.9 Å². The fourth-order valence-corrected chi connectivity index (χ4v) is 4.06. The number of aromatic nitrogens is 2. The highest BCUT2D eigenvalue weighted by molar-refractivity contribution is 7.88. The van der Waals surface area contributed by atoms with Gasteiger partial charge < -0.3 is 4.90 Å². The van der Waals surface area contributed by atoms with Crippen molar-refractivity contribution in [2.45, 2.75) is 12.6 Å². The summed E-state index contributed by atoms with van der Waals surface area (Å²) in [5.41, 5.74) is -2.52. The largest absolute Gasteiger partial charge is 0.434 e. The third-order valence-corrected chi connectivity index (χ3v) is 5.86. The average molecular weight is 434 g/mol. The van der Waals surface area contributed by atoms with E-state index in [-0.39, 0.29) is 32.6 Å². The summed E-state index contributed by atoms with van der Waals surface area (Å²) in [5, 5.41) is 3.61. The second kappa shape index (κ2) is 7.75. The van der Waals surface area contributed by atoms with Gasteiger partial charge in [0.1, 0.15) is 11.5 Å². The van der Waals surface area contributed by atoms with E-state index in [4.69, 9.17) is 0 Å². The van der Waals surface area contributed by atoms with Crippen molar-refractivity contribution in [3.8, 4) is 5.69 Å². The van der Waals surface area contributed by atoms with Crippen LogP contribution in [0.3, 0.4) is 0 Å². The number of nitrogens with zero attached hydrogens (tertiary/aromatic N) is 4.